The maximum Gasteiger partial charge on any atom is 0.231 e. The van der Waals surface area contributed by atoms with Crippen LogP contribution in [0.25, 0.3) is 22.2 Å². The van der Waals surface area contributed by atoms with Gasteiger partial charge in [0.25, 0.3) is 0 Å². The van der Waals surface area contributed by atoms with E-state index in [1.165, 1.54) is 12.0 Å². The van der Waals surface area contributed by atoms with Crippen LogP contribution in [-0.4, -0.2) is 75.0 Å². The van der Waals surface area contributed by atoms with E-state index in [1.807, 2.05) is 16.9 Å². The Hall–Kier alpha value is -4.33. The van der Waals surface area contributed by atoms with Crippen LogP contribution in [-0.2, 0) is 11.3 Å². The molecule has 0 spiro atoms. The van der Waals surface area contributed by atoms with Crippen molar-refractivity contribution >= 4 is 16.9 Å². The van der Waals surface area contributed by atoms with Crippen LogP contribution in [0.1, 0.15) is 29.7 Å². The van der Waals surface area contributed by atoms with Crippen molar-refractivity contribution in [3.8, 4) is 23.1 Å². The van der Waals surface area contributed by atoms with E-state index in [2.05, 4.69) is 55.2 Å². The van der Waals surface area contributed by atoms with Crippen molar-refractivity contribution in [2.45, 2.75) is 31.5 Å². The molecular weight excluding hydrogens is 492 g/mol. The first kappa shape index (κ1) is 23.8. The van der Waals surface area contributed by atoms with Gasteiger partial charge in [0.1, 0.15) is 11.9 Å². The van der Waals surface area contributed by atoms with Gasteiger partial charge in [0.15, 0.2) is 0 Å². The molecule has 8 heterocycles. The fourth-order valence-corrected chi connectivity index (χ4v) is 5.97. The van der Waals surface area contributed by atoms with E-state index in [1.54, 1.807) is 25.7 Å². The highest BCUT2D eigenvalue weighted by molar-refractivity contribution is 5.87. The molecule has 4 aromatic rings. The van der Waals surface area contributed by atoms with Crippen molar-refractivity contribution in [3.05, 3.63) is 72.1 Å². The summed E-state index contributed by atoms with van der Waals surface area (Å²) in [4.78, 5) is 18.5. The summed E-state index contributed by atoms with van der Waals surface area (Å²) in [6.45, 7) is 3.99. The minimum Gasteiger partial charge on any atom is -0.480 e. The maximum absolute atomic E-state index is 9.72. The number of ether oxygens (including phenoxy) is 2. The lowest BCUT2D eigenvalue weighted by Gasteiger charge is -2.56. The van der Waals surface area contributed by atoms with Crippen LogP contribution in [0, 0.1) is 11.3 Å². The molecule has 4 aliphatic heterocycles. The van der Waals surface area contributed by atoms with Gasteiger partial charge in [-0.3, -0.25) is 9.88 Å². The molecule has 0 amide bonds. The molecular formula is C29H28N8O2. The van der Waals surface area contributed by atoms with Crippen LogP contribution < -0.4 is 9.64 Å². The molecule has 0 aromatic carbocycles. The summed E-state index contributed by atoms with van der Waals surface area (Å²) < 4.78 is 12.4. The lowest BCUT2D eigenvalue weighted by molar-refractivity contribution is -0.00979. The van der Waals surface area contributed by atoms with Crippen molar-refractivity contribution in [2.75, 3.05) is 38.3 Å². The molecule has 0 N–H and O–H groups in total. The lowest BCUT2D eigenvalue weighted by atomic mass is 9.87. The Morgan fingerprint density at radius 3 is 2.67 bits per heavy atom. The van der Waals surface area contributed by atoms with Gasteiger partial charge in [0.05, 0.1) is 55.7 Å². The Balaban J connectivity index is 1.11. The van der Waals surface area contributed by atoms with Gasteiger partial charge < -0.3 is 14.4 Å². The lowest BCUT2D eigenvalue weighted by Crippen LogP contribution is -2.68. The molecule has 0 aliphatic carbocycles. The molecule has 0 saturated carbocycles. The van der Waals surface area contributed by atoms with E-state index < -0.39 is 0 Å². The normalized spacial score (nSPS) is 20.8. The predicted molar refractivity (Wildman–Crippen MR) is 145 cm³/mol. The molecule has 196 valence electrons. The summed E-state index contributed by atoms with van der Waals surface area (Å²) in [5, 5.41) is 14.2. The van der Waals surface area contributed by atoms with Crippen LogP contribution >= 0.6 is 0 Å². The standard InChI is InChI=1S/C29H28N8O2/c1-38-28-14-31-23(13-33-28)16-36-24-9-25(36)18-35(17-24)27-3-2-20(11-32-27)26-8-21(19-4-6-39-7-5-19)15-37-29(26)22(10-30)12-34-37/h2-4,8,11-15,24-25H,5-7,9,16-18H2,1H3. The molecule has 39 heavy (non-hydrogen) atoms. The van der Waals surface area contributed by atoms with Gasteiger partial charge in [-0.1, -0.05) is 6.08 Å². The second kappa shape index (κ2) is 9.76. The van der Waals surface area contributed by atoms with E-state index in [-0.39, 0.29) is 0 Å². The second-order valence-corrected chi connectivity index (χ2v) is 10.2. The summed E-state index contributed by atoms with van der Waals surface area (Å²) in [6.07, 6.45) is 13.2. The first-order chi connectivity index (χ1) is 19.2. The van der Waals surface area contributed by atoms with Crippen LogP contribution in [0.2, 0.25) is 0 Å². The molecule has 2 bridgehead atoms. The number of rotatable bonds is 6. The average Bonchev–Trinajstić information content (AvgIpc) is 3.43. The number of piperazine rings is 1. The van der Waals surface area contributed by atoms with Gasteiger partial charge in [-0.05, 0) is 42.2 Å². The van der Waals surface area contributed by atoms with Crippen LogP contribution in [0.5, 0.6) is 5.88 Å². The zero-order chi connectivity index (χ0) is 26.3. The summed E-state index contributed by atoms with van der Waals surface area (Å²) in [6, 6.07) is 9.60. The van der Waals surface area contributed by atoms with Crippen LogP contribution in [0.4, 0.5) is 5.82 Å². The quantitative estimate of drug-likeness (QED) is 0.379. The fourth-order valence-electron chi connectivity index (χ4n) is 5.97. The summed E-state index contributed by atoms with van der Waals surface area (Å²) >= 11 is 0. The summed E-state index contributed by atoms with van der Waals surface area (Å²) in [5.41, 5.74) is 6.58. The van der Waals surface area contributed by atoms with Gasteiger partial charge in [-0.15, -0.1) is 0 Å². The smallest absolute Gasteiger partial charge is 0.231 e. The Morgan fingerprint density at radius 2 is 1.97 bits per heavy atom. The minimum atomic E-state index is 0.475. The Labute approximate surface area is 226 Å². The van der Waals surface area contributed by atoms with Crippen molar-refractivity contribution < 1.29 is 9.47 Å². The number of methoxy groups -OCH3 is 1. The molecule has 10 nitrogen and oxygen atoms in total. The van der Waals surface area contributed by atoms with Crippen LogP contribution in [0.3, 0.4) is 0 Å². The number of hydrogen-bond acceptors (Lipinski definition) is 9. The maximum atomic E-state index is 9.72. The Kier molecular flexibility index (Phi) is 5.95. The van der Waals surface area contributed by atoms with Gasteiger partial charge in [-0.25, -0.2) is 14.5 Å². The molecule has 2 unspecified atom stereocenters. The van der Waals surface area contributed by atoms with E-state index in [0.29, 0.717) is 36.7 Å². The Bertz CT molecular complexity index is 1580. The molecule has 3 saturated heterocycles. The van der Waals surface area contributed by atoms with Crippen LogP contribution in [0.15, 0.2) is 55.3 Å². The fraction of sp³-hybridized carbons (Fsp3) is 0.345. The van der Waals surface area contributed by atoms with Gasteiger partial charge in [0, 0.05) is 55.2 Å². The van der Waals surface area contributed by atoms with Gasteiger partial charge >= 0.3 is 0 Å². The predicted octanol–water partition coefficient (Wildman–Crippen LogP) is 3.33. The van der Waals surface area contributed by atoms with Crippen molar-refractivity contribution in [3.63, 3.8) is 0 Å². The third-order valence-electron chi connectivity index (χ3n) is 8.03. The van der Waals surface area contributed by atoms with E-state index in [9.17, 15) is 5.26 Å². The molecule has 2 atom stereocenters. The number of pyridine rings is 2. The highest BCUT2D eigenvalue weighted by Gasteiger charge is 2.44. The number of anilines is 1. The third kappa shape index (κ3) is 4.30. The number of fused-ring (bicyclic) bond motifs is 3. The monoisotopic (exact) mass is 520 g/mol. The first-order valence-corrected chi connectivity index (χ1v) is 13.2. The first-order valence-electron chi connectivity index (χ1n) is 13.2. The van der Waals surface area contributed by atoms with E-state index in [4.69, 9.17) is 14.5 Å². The summed E-state index contributed by atoms with van der Waals surface area (Å²) in [7, 11) is 1.60. The number of hydrogen-bond donors (Lipinski definition) is 0. The second-order valence-electron chi connectivity index (χ2n) is 10.2. The topological polar surface area (TPSA) is 105 Å². The molecule has 4 aliphatic rings. The molecule has 10 heteroatoms. The molecule has 4 aromatic heterocycles. The molecule has 3 fully saturated rings. The minimum absolute atomic E-state index is 0.475. The average molecular weight is 521 g/mol. The van der Waals surface area contributed by atoms with Gasteiger partial charge in [0.2, 0.25) is 5.88 Å². The third-order valence-corrected chi connectivity index (χ3v) is 8.03. The van der Waals surface area contributed by atoms with Crippen molar-refractivity contribution in [1.29, 1.82) is 5.26 Å². The zero-order valence-corrected chi connectivity index (χ0v) is 21.7. The largest absolute Gasteiger partial charge is 0.480 e. The SMILES string of the molecule is COc1cnc(CN2C3CC2CN(c2ccc(-c4cc(C5=CCOCC5)cn5ncc(C#N)c45)cn2)C3)cn1. The molecule has 0 radical (unpaired) electrons. The van der Waals surface area contributed by atoms with Crippen molar-refractivity contribution in [1.82, 2.24) is 29.5 Å². The van der Waals surface area contributed by atoms with E-state index in [0.717, 1.165) is 59.8 Å². The highest BCUT2D eigenvalue weighted by Crippen LogP contribution is 2.36. The van der Waals surface area contributed by atoms with E-state index >= 15 is 0 Å². The number of nitriles is 1. The number of aromatic nitrogens is 5. The Morgan fingerprint density at radius 1 is 1.08 bits per heavy atom. The summed E-state index contributed by atoms with van der Waals surface area (Å²) in [5.74, 6) is 1.51. The molecule has 8 rings (SSSR count). The number of nitrogens with zero attached hydrogens (tertiary/aromatic N) is 8. The highest BCUT2D eigenvalue weighted by atomic mass is 16.5. The van der Waals surface area contributed by atoms with Gasteiger partial charge in [-0.2, -0.15) is 10.4 Å². The van der Waals surface area contributed by atoms with Crippen molar-refractivity contribution in [2.24, 2.45) is 0 Å². The number of piperidine rings is 1. The zero-order valence-electron chi connectivity index (χ0n) is 21.7.